The molecule has 1 aliphatic rings. The number of ether oxygens (including phenoxy) is 1. The van der Waals surface area contributed by atoms with E-state index in [9.17, 15) is 18.0 Å². The van der Waals surface area contributed by atoms with Crippen LogP contribution in [-0.2, 0) is 24.2 Å². The SMILES string of the molecule is CCC(C(=O)O)S(=O)(=O)C(C)C(=O)N1CCOCC1. The first-order valence-corrected chi connectivity index (χ1v) is 7.75. The Labute approximate surface area is 112 Å². The van der Waals surface area contributed by atoms with E-state index in [0.717, 1.165) is 0 Å². The molecule has 1 aliphatic heterocycles. The molecule has 1 rings (SSSR count). The van der Waals surface area contributed by atoms with E-state index in [2.05, 4.69) is 0 Å². The highest BCUT2D eigenvalue weighted by Crippen LogP contribution is 2.16. The largest absolute Gasteiger partial charge is 0.480 e. The minimum Gasteiger partial charge on any atom is -0.480 e. The van der Waals surface area contributed by atoms with Crippen molar-refractivity contribution in [3.63, 3.8) is 0 Å². The molecule has 0 aromatic rings. The molecule has 7 nitrogen and oxygen atoms in total. The summed E-state index contributed by atoms with van der Waals surface area (Å²) in [5, 5.41) is 6.05. The van der Waals surface area contributed by atoms with Gasteiger partial charge in [-0.05, 0) is 13.3 Å². The zero-order valence-electron chi connectivity index (χ0n) is 11.0. The first kappa shape index (κ1) is 15.9. The van der Waals surface area contributed by atoms with Gasteiger partial charge in [0.25, 0.3) is 0 Å². The van der Waals surface area contributed by atoms with Gasteiger partial charge in [-0.15, -0.1) is 0 Å². The summed E-state index contributed by atoms with van der Waals surface area (Å²) >= 11 is 0. The maximum Gasteiger partial charge on any atom is 0.321 e. The second-order valence-corrected chi connectivity index (χ2v) is 6.86. The average Bonchev–Trinajstić information content (AvgIpc) is 2.38. The molecule has 0 radical (unpaired) electrons. The van der Waals surface area contributed by atoms with Gasteiger partial charge in [0.15, 0.2) is 15.1 Å². The van der Waals surface area contributed by atoms with Gasteiger partial charge in [-0.3, -0.25) is 9.59 Å². The minimum absolute atomic E-state index is 0.0571. The zero-order valence-corrected chi connectivity index (χ0v) is 11.9. The first-order valence-electron chi connectivity index (χ1n) is 6.14. The van der Waals surface area contributed by atoms with Crippen LogP contribution in [0.4, 0.5) is 0 Å². The number of morpholine rings is 1. The molecule has 0 aliphatic carbocycles. The van der Waals surface area contributed by atoms with Crippen LogP contribution in [-0.4, -0.2) is 67.1 Å². The van der Waals surface area contributed by atoms with Gasteiger partial charge in [-0.25, -0.2) is 8.42 Å². The summed E-state index contributed by atoms with van der Waals surface area (Å²) in [4.78, 5) is 24.4. The smallest absolute Gasteiger partial charge is 0.321 e. The summed E-state index contributed by atoms with van der Waals surface area (Å²) < 4.78 is 29.3. The van der Waals surface area contributed by atoms with Crippen molar-refractivity contribution in [1.82, 2.24) is 4.90 Å². The van der Waals surface area contributed by atoms with Gasteiger partial charge >= 0.3 is 5.97 Å². The number of rotatable bonds is 5. The molecule has 1 fully saturated rings. The zero-order chi connectivity index (χ0) is 14.6. The van der Waals surface area contributed by atoms with Crippen molar-refractivity contribution < 1.29 is 27.9 Å². The molecule has 0 saturated carbocycles. The van der Waals surface area contributed by atoms with Crippen molar-refractivity contribution in [3.8, 4) is 0 Å². The number of carbonyl (C=O) groups is 2. The average molecular weight is 293 g/mol. The third-order valence-electron chi connectivity index (χ3n) is 3.21. The number of hydrogen-bond acceptors (Lipinski definition) is 5. The summed E-state index contributed by atoms with van der Waals surface area (Å²) in [6.07, 6.45) is -0.0571. The molecule has 1 amide bonds. The molecule has 2 unspecified atom stereocenters. The van der Waals surface area contributed by atoms with Gasteiger partial charge in [0.2, 0.25) is 5.91 Å². The second-order valence-electron chi connectivity index (χ2n) is 4.40. The molecule has 1 N–H and O–H groups in total. The van der Waals surface area contributed by atoms with Crippen molar-refractivity contribution >= 4 is 21.7 Å². The van der Waals surface area contributed by atoms with Crippen molar-refractivity contribution in [2.75, 3.05) is 26.3 Å². The Morgan fingerprint density at radius 1 is 1.32 bits per heavy atom. The molecule has 1 heterocycles. The van der Waals surface area contributed by atoms with Gasteiger partial charge in [-0.1, -0.05) is 6.92 Å². The summed E-state index contributed by atoms with van der Waals surface area (Å²) in [7, 11) is -4.03. The molecular formula is C11H19NO6S. The topological polar surface area (TPSA) is 101 Å². The Kier molecular flexibility index (Phi) is 5.30. The molecule has 0 aromatic carbocycles. The molecule has 8 heteroatoms. The molecule has 1 saturated heterocycles. The molecular weight excluding hydrogens is 274 g/mol. The monoisotopic (exact) mass is 293 g/mol. The van der Waals surface area contributed by atoms with Crippen LogP contribution < -0.4 is 0 Å². The van der Waals surface area contributed by atoms with Crippen LogP contribution >= 0.6 is 0 Å². The standard InChI is InChI=1S/C11H19NO6S/c1-3-9(11(14)15)19(16,17)8(2)10(13)12-4-6-18-7-5-12/h8-9H,3-7H2,1-2H3,(H,14,15). The van der Waals surface area contributed by atoms with E-state index in [-0.39, 0.29) is 6.42 Å². The van der Waals surface area contributed by atoms with E-state index in [1.54, 1.807) is 0 Å². The summed E-state index contributed by atoms with van der Waals surface area (Å²) in [6.45, 7) is 4.13. The molecule has 2 atom stereocenters. The third kappa shape index (κ3) is 3.44. The highest BCUT2D eigenvalue weighted by Gasteiger charge is 2.40. The second kappa shape index (κ2) is 6.33. The lowest BCUT2D eigenvalue weighted by Crippen LogP contribution is -2.49. The Balaban J connectivity index is 2.87. The van der Waals surface area contributed by atoms with E-state index in [1.165, 1.54) is 18.7 Å². The van der Waals surface area contributed by atoms with E-state index >= 15 is 0 Å². The number of carbonyl (C=O) groups excluding carboxylic acids is 1. The number of carboxylic acid groups (broad SMARTS) is 1. The van der Waals surface area contributed by atoms with Crippen LogP contribution in [0.2, 0.25) is 0 Å². The minimum atomic E-state index is -4.03. The predicted molar refractivity (Wildman–Crippen MR) is 67.5 cm³/mol. The van der Waals surface area contributed by atoms with Crippen LogP contribution in [0.5, 0.6) is 0 Å². The van der Waals surface area contributed by atoms with Crippen LogP contribution in [0.25, 0.3) is 0 Å². The Morgan fingerprint density at radius 3 is 2.26 bits per heavy atom. The lowest BCUT2D eigenvalue weighted by molar-refractivity contribution is -0.136. The van der Waals surface area contributed by atoms with Gasteiger partial charge < -0.3 is 14.7 Å². The number of amides is 1. The van der Waals surface area contributed by atoms with Crippen LogP contribution in [0.1, 0.15) is 20.3 Å². The van der Waals surface area contributed by atoms with E-state index < -0.39 is 32.2 Å². The van der Waals surface area contributed by atoms with Crippen LogP contribution in [0.15, 0.2) is 0 Å². The quantitative estimate of drug-likeness (QED) is 0.734. The van der Waals surface area contributed by atoms with E-state index in [1.807, 2.05) is 0 Å². The van der Waals surface area contributed by atoms with E-state index in [4.69, 9.17) is 9.84 Å². The van der Waals surface area contributed by atoms with Crippen LogP contribution in [0.3, 0.4) is 0 Å². The van der Waals surface area contributed by atoms with Gasteiger partial charge in [0.1, 0.15) is 5.25 Å². The Morgan fingerprint density at radius 2 is 1.84 bits per heavy atom. The van der Waals surface area contributed by atoms with Gasteiger partial charge in [0, 0.05) is 13.1 Å². The fourth-order valence-electron chi connectivity index (χ4n) is 1.98. The molecule has 0 bridgehead atoms. The predicted octanol–water partition coefficient (Wildman–Crippen LogP) is -0.488. The van der Waals surface area contributed by atoms with Crippen LogP contribution in [0, 0.1) is 0 Å². The fourth-order valence-corrected chi connectivity index (χ4v) is 3.64. The number of nitrogens with zero attached hydrogens (tertiary/aromatic N) is 1. The lowest BCUT2D eigenvalue weighted by Gasteiger charge is -2.29. The number of carboxylic acids is 1. The van der Waals surface area contributed by atoms with Crippen molar-refractivity contribution in [3.05, 3.63) is 0 Å². The van der Waals surface area contributed by atoms with Gasteiger partial charge in [-0.2, -0.15) is 0 Å². The Hall–Kier alpha value is -1.15. The first-order chi connectivity index (χ1) is 8.82. The summed E-state index contributed by atoms with van der Waals surface area (Å²) in [5.41, 5.74) is 0. The highest BCUT2D eigenvalue weighted by atomic mass is 32.2. The Bertz CT molecular complexity index is 440. The highest BCUT2D eigenvalue weighted by molar-refractivity contribution is 7.94. The molecule has 0 spiro atoms. The van der Waals surface area contributed by atoms with Crippen molar-refractivity contribution in [1.29, 1.82) is 0 Å². The van der Waals surface area contributed by atoms with Crippen molar-refractivity contribution in [2.24, 2.45) is 0 Å². The molecule has 19 heavy (non-hydrogen) atoms. The molecule has 110 valence electrons. The lowest BCUT2D eigenvalue weighted by atomic mass is 10.3. The summed E-state index contributed by atoms with van der Waals surface area (Å²) in [6, 6.07) is 0. The normalized spacial score (nSPS) is 19.8. The van der Waals surface area contributed by atoms with E-state index in [0.29, 0.717) is 26.3 Å². The molecule has 0 aromatic heterocycles. The van der Waals surface area contributed by atoms with Gasteiger partial charge in [0.05, 0.1) is 13.2 Å². The number of sulfone groups is 1. The maximum atomic E-state index is 12.1. The number of aliphatic carboxylic acids is 1. The fraction of sp³-hybridized carbons (Fsp3) is 0.818. The number of hydrogen-bond donors (Lipinski definition) is 1. The van der Waals surface area contributed by atoms with Crippen molar-refractivity contribution in [2.45, 2.75) is 30.8 Å². The summed E-state index contributed by atoms with van der Waals surface area (Å²) in [5.74, 6) is -1.97. The third-order valence-corrected chi connectivity index (χ3v) is 5.72. The maximum absolute atomic E-state index is 12.1.